The van der Waals surface area contributed by atoms with Crippen molar-refractivity contribution < 1.29 is 0 Å². The number of thiazole rings is 1. The summed E-state index contributed by atoms with van der Waals surface area (Å²) in [6.07, 6.45) is 2.23. The largest absolute Gasteiger partial charge is 0.312 e. The zero-order chi connectivity index (χ0) is 15.4. The second kappa shape index (κ2) is 4.92. The first-order valence-corrected chi connectivity index (χ1v) is 8.31. The van der Waals surface area contributed by atoms with Gasteiger partial charge in [0.1, 0.15) is 5.01 Å². The lowest BCUT2D eigenvalue weighted by Crippen LogP contribution is -2.30. The van der Waals surface area contributed by atoms with Gasteiger partial charge in [-0.25, -0.2) is 4.98 Å². The lowest BCUT2D eigenvalue weighted by Gasteiger charge is -2.34. The molecule has 1 atom stereocenters. The zero-order valence-corrected chi connectivity index (χ0v) is 14.6. The van der Waals surface area contributed by atoms with Crippen LogP contribution in [-0.4, -0.2) is 21.8 Å². The van der Waals surface area contributed by atoms with Gasteiger partial charge in [-0.2, -0.15) is 5.10 Å². The molecule has 2 heterocycles. The molecule has 0 saturated carbocycles. The van der Waals surface area contributed by atoms with E-state index in [9.17, 15) is 0 Å². The Morgan fingerprint density at radius 2 is 2.05 bits per heavy atom. The minimum atomic E-state index is 0.311. The number of hydrogen-bond donors (Lipinski definition) is 1. The Balaban J connectivity index is 2.10. The van der Waals surface area contributed by atoms with Crippen LogP contribution in [0.1, 0.15) is 48.3 Å². The maximum absolute atomic E-state index is 4.98. The molecule has 5 heteroatoms. The van der Waals surface area contributed by atoms with Gasteiger partial charge in [-0.15, -0.1) is 11.3 Å². The van der Waals surface area contributed by atoms with Crippen LogP contribution < -0.4 is 5.32 Å². The molecule has 114 valence electrons. The summed E-state index contributed by atoms with van der Waals surface area (Å²) < 4.78 is 1.95. The second-order valence-corrected chi connectivity index (χ2v) is 7.92. The molecule has 21 heavy (non-hydrogen) atoms. The van der Waals surface area contributed by atoms with Crippen molar-refractivity contribution in [3.8, 4) is 10.6 Å². The van der Waals surface area contributed by atoms with E-state index in [2.05, 4.69) is 45.2 Å². The fourth-order valence-electron chi connectivity index (χ4n) is 3.36. The standard InChI is InChI=1S/C16H24N4S/c1-9-13(10(2)20(6)19-9)15-18-12-8-16(3,4)7-11(17-5)14(12)21-15/h11,17H,7-8H2,1-6H3. The Bertz CT molecular complexity index is 681. The molecule has 0 radical (unpaired) electrons. The highest BCUT2D eigenvalue weighted by molar-refractivity contribution is 7.15. The number of nitrogens with zero attached hydrogens (tertiary/aromatic N) is 3. The van der Waals surface area contributed by atoms with E-state index in [0.717, 1.165) is 17.1 Å². The van der Waals surface area contributed by atoms with Gasteiger partial charge in [0, 0.05) is 23.7 Å². The normalized spacial score (nSPS) is 20.6. The molecule has 1 unspecified atom stereocenters. The van der Waals surface area contributed by atoms with E-state index in [1.54, 1.807) is 0 Å². The lowest BCUT2D eigenvalue weighted by molar-refractivity contribution is 0.265. The van der Waals surface area contributed by atoms with Crippen molar-refractivity contribution in [2.24, 2.45) is 12.5 Å². The third kappa shape index (κ3) is 2.42. The molecule has 0 amide bonds. The van der Waals surface area contributed by atoms with Crippen molar-refractivity contribution in [1.82, 2.24) is 20.1 Å². The highest BCUT2D eigenvalue weighted by atomic mass is 32.1. The monoisotopic (exact) mass is 304 g/mol. The Morgan fingerprint density at radius 1 is 1.33 bits per heavy atom. The molecule has 0 aliphatic heterocycles. The van der Waals surface area contributed by atoms with Crippen molar-refractivity contribution in [3.05, 3.63) is 22.0 Å². The Kier molecular flexibility index (Phi) is 3.45. The van der Waals surface area contributed by atoms with Gasteiger partial charge in [0.05, 0.1) is 17.0 Å². The van der Waals surface area contributed by atoms with Crippen LogP contribution in [0.25, 0.3) is 10.6 Å². The number of rotatable bonds is 2. The molecule has 0 spiro atoms. The van der Waals surface area contributed by atoms with Crippen LogP contribution in [-0.2, 0) is 13.5 Å². The van der Waals surface area contributed by atoms with Gasteiger partial charge in [-0.05, 0) is 39.2 Å². The summed E-state index contributed by atoms with van der Waals surface area (Å²) in [5.41, 5.74) is 5.06. The van der Waals surface area contributed by atoms with Crippen molar-refractivity contribution in [1.29, 1.82) is 0 Å². The topological polar surface area (TPSA) is 42.7 Å². The van der Waals surface area contributed by atoms with E-state index in [-0.39, 0.29) is 0 Å². The van der Waals surface area contributed by atoms with Crippen LogP contribution in [0.3, 0.4) is 0 Å². The van der Waals surface area contributed by atoms with Crippen molar-refractivity contribution in [2.45, 2.75) is 46.6 Å². The van der Waals surface area contributed by atoms with E-state index in [1.165, 1.54) is 28.2 Å². The molecule has 1 N–H and O–H groups in total. The van der Waals surface area contributed by atoms with Gasteiger partial charge in [0.25, 0.3) is 0 Å². The van der Waals surface area contributed by atoms with E-state index >= 15 is 0 Å². The minimum absolute atomic E-state index is 0.311. The van der Waals surface area contributed by atoms with Gasteiger partial charge in [0.2, 0.25) is 0 Å². The first kappa shape index (κ1) is 14.7. The minimum Gasteiger partial charge on any atom is -0.312 e. The van der Waals surface area contributed by atoms with E-state index in [1.807, 2.05) is 23.1 Å². The smallest absolute Gasteiger partial charge is 0.127 e. The summed E-state index contributed by atoms with van der Waals surface area (Å²) in [6.45, 7) is 8.86. The predicted octanol–water partition coefficient (Wildman–Crippen LogP) is 3.39. The van der Waals surface area contributed by atoms with Crippen LogP contribution in [0.5, 0.6) is 0 Å². The number of nitrogens with one attached hydrogen (secondary N) is 1. The quantitative estimate of drug-likeness (QED) is 0.925. The Morgan fingerprint density at radius 3 is 2.62 bits per heavy atom. The van der Waals surface area contributed by atoms with E-state index in [4.69, 9.17) is 4.98 Å². The van der Waals surface area contributed by atoms with Crippen LogP contribution in [0.15, 0.2) is 0 Å². The number of aromatic nitrogens is 3. The summed E-state index contributed by atoms with van der Waals surface area (Å²) >= 11 is 1.84. The molecule has 3 rings (SSSR count). The molecule has 0 aromatic carbocycles. The molecule has 2 aromatic rings. The highest BCUT2D eigenvalue weighted by Gasteiger charge is 2.35. The molecule has 2 aromatic heterocycles. The molecule has 1 aliphatic rings. The second-order valence-electron chi connectivity index (χ2n) is 6.89. The molecule has 0 saturated heterocycles. The molecular weight excluding hydrogens is 280 g/mol. The van der Waals surface area contributed by atoms with Crippen LogP contribution in [0.4, 0.5) is 0 Å². The predicted molar refractivity (Wildman–Crippen MR) is 87.7 cm³/mol. The maximum Gasteiger partial charge on any atom is 0.127 e. The average molecular weight is 304 g/mol. The third-order valence-electron chi connectivity index (χ3n) is 4.52. The van der Waals surface area contributed by atoms with Gasteiger partial charge in [0.15, 0.2) is 0 Å². The van der Waals surface area contributed by atoms with E-state index < -0.39 is 0 Å². The van der Waals surface area contributed by atoms with Crippen molar-refractivity contribution in [3.63, 3.8) is 0 Å². The summed E-state index contributed by atoms with van der Waals surface area (Å²) in [6, 6.07) is 0.423. The van der Waals surface area contributed by atoms with Gasteiger partial charge in [-0.1, -0.05) is 13.8 Å². The Labute approximate surface area is 130 Å². The average Bonchev–Trinajstić information content (AvgIpc) is 2.89. The number of hydrogen-bond acceptors (Lipinski definition) is 4. The SMILES string of the molecule is CNC1CC(C)(C)Cc2nc(-c3c(C)nn(C)c3C)sc21. The van der Waals surface area contributed by atoms with Crippen molar-refractivity contribution >= 4 is 11.3 Å². The third-order valence-corrected chi connectivity index (χ3v) is 5.75. The van der Waals surface area contributed by atoms with E-state index in [0.29, 0.717) is 11.5 Å². The number of aryl methyl sites for hydroxylation is 2. The Hall–Kier alpha value is -1.20. The first-order chi connectivity index (χ1) is 9.82. The van der Waals surface area contributed by atoms with Crippen LogP contribution in [0.2, 0.25) is 0 Å². The molecule has 0 bridgehead atoms. The molecule has 1 aliphatic carbocycles. The zero-order valence-electron chi connectivity index (χ0n) is 13.7. The summed E-state index contributed by atoms with van der Waals surface area (Å²) in [7, 11) is 4.05. The first-order valence-electron chi connectivity index (χ1n) is 7.50. The summed E-state index contributed by atoms with van der Waals surface area (Å²) in [4.78, 5) is 6.39. The number of fused-ring (bicyclic) bond motifs is 1. The molecule has 4 nitrogen and oxygen atoms in total. The fourth-order valence-corrected chi connectivity index (χ4v) is 4.70. The van der Waals surface area contributed by atoms with Gasteiger partial charge in [-0.3, -0.25) is 4.68 Å². The van der Waals surface area contributed by atoms with Gasteiger partial charge >= 0.3 is 0 Å². The van der Waals surface area contributed by atoms with Crippen LogP contribution in [0, 0.1) is 19.3 Å². The molecule has 0 fully saturated rings. The maximum atomic E-state index is 4.98. The fraction of sp³-hybridized carbons (Fsp3) is 0.625. The lowest BCUT2D eigenvalue weighted by atomic mass is 9.76. The summed E-state index contributed by atoms with van der Waals surface area (Å²) in [5.74, 6) is 0. The highest BCUT2D eigenvalue weighted by Crippen LogP contribution is 2.45. The summed E-state index contributed by atoms with van der Waals surface area (Å²) in [5, 5.41) is 9.12. The van der Waals surface area contributed by atoms with Crippen molar-refractivity contribution in [2.75, 3.05) is 7.05 Å². The van der Waals surface area contributed by atoms with Crippen LogP contribution >= 0.6 is 11.3 Å². The molecular formula is C16H24N4S. The van der Waals surface area contributed by atoms with Gasteiger partial charge < -0.3 is 5.32 Å².